The van der Waals surface area contributed by atoms with Crippen LogP contribution < -0.4 is 5.32 Å². The van der Waals surface area contributed by atoms with Crippen LogP contribution in [-0.4, -0.2) is 60.5 Å². The summed E-state index contributed by atoms with van der Waals surface area (Å²) in [7, 11) is 0. The third-order valence-corrected chi connectivity index (χ3v) is 5.28. The Morgan fingerprint density at radius 3 is 2.39 bits per heavy atom. The first-order chi connectivity index (χ1) is 14.9. The predicted molar refractivity (Wildman–Crippen MR) is 115 cm³/mol. The molecule has 164 valence electrons. The number of hydrogen-bond donors (Lipinski definition) is 1. The number of para-hydroxylation sites is 1. The van der Waals surface area contributed by atoms with Crippen LogP contribution in [0.4, 0.5) is 14.9 Å². The van der Waals surface area contributed by atoms with Gasteiger partial charge in [0.2, 0.25) is 5.91 Å². The van der Waals surface area contributed by atoms with Crippen molar-refractivity contribution in [3.8, 4) is 0 Å². The van der Waals surface area contributed by atoms with E-state index in [-0.39, 0.29) is 22.9 Å². The summed E-state index contributed by atoms with van der Waals surface area (Å²) in [4.78, 5) is 40.5. The Bertz CT molecular complexity index is 957. The van der Waals surface area contributed by atoms with Crippen molar-refractivity contribution in [1.29, 1.82) is 0 Å². The molecular formula is C22H23ClFN3O4. The van der Waals surface area contributed by atoms with Crippen molar-refractivity contribution < 1.29 is 23.5 Å². The maximum absolute atomic E-state index is 14.0. The number of nitrogens with zero attached hydrogens (tertiary/aromatic N) is 2. The molecule has 2 aromatic carbocycles. The first-order valence-electron chi connectivity index (χ1n) is 9.93. The average Bonchev–Trinajstić information content (AvgIpc) is 2.76. The Balaban J connectivity index is 1.67. The van der Waals surface area contributed by atoms with E-state index >= 15 is 0 Å². The number of benzene rings is 2. The van der Waals surface area contributed by atoms with Gasteiger partial charge in [0.05, 0.1) is 24.3 Å². The van der Waals surface area contributed by atoms with E-state index in [0.29, 0.717) is 44.0 Å². The fraction of sp³-hybridized carbons (Fsp3) is 0.318. The molecule has 1 heterocycles. The maximum atomic E-state index is 14.0. The highest BCUT2D eigenvalue weighted by Crippen LogP contribution is 2.22. The van der Waals surface area contributed by atoms with Crippen molar-refractivity contribution in [1.82, 2.24) is 9.80 Å². The first kappa shape index (κ1) is 22.6. The van der Waals surface area contributed by atoms with Crippen LogP contribution in [0.3, 0.4) is 0 Å². The summed E-state index contributed by atoms with van der Waals surface area (Å²) < 4.78 is 19.0. The number of anilines is 1. The fourth-order valence-corrected chi connectivity index (χ4v) is 3.54. The van der Waals surface area contributed by atoms with Gasteiger partial charge in [-0.1, -0.05) is 29.8 Å². The van der Waals surface area contributed by atoms with Crippen molar-refractivity contribution in [3.05, 3.63) is 64.4 Å². The monoisotopic (exact) mass is 447 g/mol. The number of rotatable bonds is 5. The minimum atomic E-state index is -0.563. The third kappa shape index (κ3) is 5.52. The van der Waals surface area contributed by atoms with Gasteiger partial charge in [0.25, 0.3) is 5.91 Å². The summed E-state index contributed by atoms with van der Waals surface area (Å²) in [6.07, 6.45) is -0.652. The number of hydrogen-bond acceptors (Lipinski definition) is 4. The number of nitrogens with one attached hydrogen (secondary N) is 1. The zero-order chi connectivity index (χ0) is 22.4. The van der Waals surface area contributed by atoms with E-state index in [9.17, 15) is 18.8 Å². The summed E-state index contributed by atoms with van der Waals surface area (Å²) in [6, 6.07) is 10.8. The number of carbonyl (C=O) groups excluding carboxylic acids is 3. The summed E-state index contributed by atoms with van der Waals surface area (Å²) >= 11 is 6.00. The lowest BCUT2D eigenvalue weighted by molar-refractivity contribution is -0.115. The van der Waals surface area contributed by atoms with E-state index in [4.69, 9.17) is 16.3 Å². The van der Waals surface area contributed by atoms with Gasteiger partial charge in [0.15, 0.2) is 0 Å². The molecule has 1 fully saturated rings. The molecule has 1 aliphatic rings. The van der Waals surface area contributed by atoms with Crippen LogP contribution in [0.5, 0.6) is 0 Å². The molecule has 3 rings (SSSR count). The molecule has 0 saturated carbocycles. The van der Waals surface area contributed by atoms with Crippen LogP contribution in [-0.2, 0) is 16.0 Å². The van der Waals surface area contributed by atoms with Gasteiger partial charge in [-0.05, 0) is 31.2 Å². The SMILES string of the molecule is CCOC(=O)N1CCN(C(=O)c2ccccc2NC(=O)Cc2c(F)cccc2Cl)CC1. The molecule has 0 radical (unpaired) electrons. The predicted octanol–water partition coefficient (Wildman–Crippen LogP) is 3.57. The largest absolute Gasteiger partial charge is 0.450 e. The quantitative estimate of drug-likeness (QED) is 0.760. The van der Waals surface area contributed by atoms with E-state index in [0.717, 1.165) is 0 Å². The van der Waals surface area contributed by atoms with Crippen LogP contribution in [0.2, 0.25) is 5.02 Å². The molecule has 0 atom stereocenters. The smallest absolute Gasteiger partial charge is 0.409 e. The normalized spacial score (nSPS) is 13.6. The van der Waals surface area contributed by atoms with Crippen LogP contribution in [0, 0.1) is 5.82 Å². The molecule has 1 saturated heterocycles. The van der Waals surface area contributed by atoms with Crippen molar-refractivity contribution in [2.75, 3.05) is 38.1 Å². The number of amides is 3. The number of ether oxygens (including phenoxy) is 1. The van der Waals surface area contributed by atoms with Crippen molar-refractivity contribution in [2.24, 2.45) is 0 Å². The highest BCUT2D eigenvalue weighted by atomic mass is 35.5. The second kappa shape index (κ2) is 10.3. The van der Waals surface area contributed by atoms with Gasteiger partial charge >= 0.3 is 6.09 Å². The molecule has 1 aliphatic heterocycles. The lowest BCUT2D eigenvalue weighted by atomic mass is 10.1. The molecule has 0 unspecified atom stereocenters. The Kier molecular flexibility index (Phi) is 7.46. The summed E-state index contributed by atoms with van der Waals surface area (Å²) in [5, 5.41) is 2.85. The van der Waals surface area contributed by atoms with Crippen molar-refractivity contribution in [3.63, 3.8) is 0 Å². The summed E-state index contributed by atoms with van der Waals surface area (Å²) in [5.74, 6) is -1.31. The molecule has 3 amide bonds. The van der Waals surface area contributed by atoms with E-state index < -0.39 is 17.8 Å². The number of piperazine rings is 1. The third-order valence-electron chi connectivity index (χ3n) is 4.92. The van der Waals surface area contributed by atoms with E-state index in [1.807, 2.05) is 0 Å². The Morgan fingerprint density at radius 1 is 1.03 bits per heavy atom. The fourth-order valence-electron chi connectivity index (χ4n) is 3.31. The molecule has 0 bridgehead atoms. The van der Waals surface area contributed by atoms with Gasteiger partial charge in [-0.3, -0.25) is 9.59 Å². The molecule has 1 N–H and O–H groups in total. The van der Waals surface area contributed by atoms with Gasteiger partial charge in [0.1, 0.15) is 5.82 Å². The van der Waals surface area contributed by atoms with Crippen LogP contribution in [0.1, 0.15) is 22.8 Å². The molecule has 0 aromatic heterocycles. The summed E-state index contributed by atoms with van der Waals surface area (Å²) in [5.41, 5.74) is 0.749. The molecule has 0 aliphatic carbocycles. The first-order valence-corrected chi connectivity index (χ1v) is 10.3. The highest BCUT2D eigenvalue weighted by molar-refractivity contribution is 6.31. The number of carbonyl (C=O) groups is 3. The van der Waals surface area contributed by atoms with E-state index in [1.54, 1.807) is 41.0 Å². The average molecular weight is 448 g/mol. The van der Waals surface area contributed by atoms with Gasteiger partial charge in [0, 0.05) is 36.8 Å². The zero-order valence-electron chi connectivity index (χ0n) is 17.1. The van der Waals surface area contributed by atoms with Crippen LogP contribution >= 0.6 is 11.6 Å². The van der Waals surface area contributed by atoms with Gasteiger partial charge < -0.3 is 19.9 Å². The number of halogens is 2. The Hall–Kier alpha value is -3.13. The second-order valence-corrected chi connectivity index (χ2v) is 7.36. The standard InChI is InChI=1S/C22H23ClFN3O4/c1-2-31-22(30)27-12-10-26(11-13-27)21(29)15-6-3-4-9-19(15)25-20(28)14-16-17(23)7-5-8-18(16)24/h3-9H,2,10-14H2,1H3,(H,25,28). The molecule has 31 heavy (non-hydrogen) atoms. The van der Waals surface area contributed by atoms with Crippen LogP contribution in [0.25, 0.3) is 0 Å². The molecule has 2 aromatic rings. The minimum absolute atomic E-state index is 0.0977. The molecule has 7 nitrogen and oxygen atoms in total. The minimum Gasteiger partial charge on any atom is -0.450 e. The van der Waals surface area contributed by atoms with Gasteiger partial charge in [-0.25, -0.2) is 9.18 Å². The lowest BCUT2D eigenvalue weighted by Crippen LogP contribution is -2.50. The van der Waals surface area contributed by atoms with E-state index in [2.05, 4.69) is 5.32 Å². The molecular weight excluding hydrogens is 425 g/mol. The zero-order valence-corrected chi connectivity index (χ0v) is 17.8. The topological polar surface area (TPSA) is 79.0 Å². The van der Waals surface area contributed by atoms with Crippen LogP contribution in [0.15, 0.2) is 42.5 Å². The van der Waals surface area contributed by atoms with E-state index in [1.165, 1.54) is 18.2 Å². The molecule has 9 heteroatoms. The maximum Gasteiger partial charge on any atom is 0.409 e. The highest BCUT2D eigenvalue weighted by Gasteiger charge is 2.27. The second-order valence-electron chi connectivity index (χ2n) is 6.95. The Morgan fingerprint density at radius 2 is 1.71 bits per heavy atom. The molecule has 0 spiro atoms. The lowest BCUT2D eigenvalue weighted by Gasteiger charge is -2.34. The Labute approximate surface area is 184 Å². The summed E-state index contributed by atoms with van der Waals surface area (Å²) in [6.45, 7) is 3.47. The van der Waals surface area contributed by atoms with Gasteiger partial charge in [-0.2, -0.15) is 0 Å². The van der Waals surface area contributed by atoms with Crippen molar-refractivity contribution in [2.45, 2.75) is 13.3 Å². The van der Waals surface area contributed by atoms with Gasteiger partial charge in [-0.15, -0.1) is 0 Å². The van der Waals surface area contributed by atoms with Crippen molar-refractivity contribution >= 4 is 35.2 Å².